The highest BCUT2D eigenvalue weighted by Crippen LogP contribution is 2.40. The monoisotopic (exact) mass is 512 g/mol. The Balaban J connectivity index is 1.31. The third-order valence-corrected chi connectivity index (χ3v) is 7.73. The summed E-state index contributed by atoms with van der Waals surface area (Å²) in [7, 11) is 0. The fraction of sp³-hybridized carbons (Fsp3) is 0. The number of hydrogen-bond donors (Lipinski definition) is 0. The van der Waals surface area contributed by atoms with E-state index in [0.717, 1.165) is 39.0 Å². The Kier molecular flexibility index (Phi) is 5.14. The van der Waals surface area contributed by atoms with E-state index in [-0.39, 0.29) is 0 Å². The van der Waals surface area contributed by atoms with Crippen LogP contribution >= 0.6 is 0 Å². The molecule has 0 atom stereocenters. The number of rotatable bonds is 4. The van der Waals surface area contributed by atoms with Gasteiger partial charge in [0.25, 0.3) is 0 Å². The SMILES string of the molecule is c1ccc(-c2ccc(N(c3ccc4c(ccc5ccccc54)c3)c3ccc4c(c3)oc3ccncc34)cc2)cc1. The molecule has 2 aromatic heterocycles. The number of nitrogens with zero attached hydrogens (tertiary/aromatic N) is 2. The van der Waals surface area contributed by atoms with Gasteiger partial charge in [-0.1, -0.05) is 84.9 Å². The van der Waals surface area contributed by atoms with Gasteiger partial charge in [-0.25, -0.2) is 0 Å². The molecule has 0 unspecified atom stereocenters. The van der Waals surface area contributed by atoms with E-state index in [1.807, 2.05) is 18.3 Å². The second-order valence-corrected chi connectivity index (χ2v) is 10.1. The molecule has 8 aromatic rings. The van der Waals surface area contributed by atoms with Crippen LogP contribution in [0.5, 0.6) is 0 Å². The molecule has 0 radical (unpaired) electrons. The Morgan fingerprint density at radius 1 is 0.450 bits per heavy atom. The largest absolute Gasteiger partial charge is 0.456 e. The highest BCUT2D eigenvalue weighted by atomic mass is 16.3. The molecule has 2 heterocycles. The Hall–Kier alpha value is -5.41. The van der Waals surface area contributed by atoms with Crippen LogP contribution in [-0.4, -0.2) is 4.98 Å². The van der Waals surface area contributed by atoms with Gasteiger partial charge in [-0.2, -0.15) is 0 Å². The van der Waals surface area contributed by atoms with Gasteiger partial charge in [0.1, 0.15) is 11.2 Å². The third-order valence-electron chi connectivity index (χ3n) is 7.73. The smallest absolute Gasteiger partial charge is 0.138 e. The van der Waals surface area contributed by atoms with E-state index in [9.17, 15) is 0 Å². The summed E-state index contributed by atoms with van der Waals surface area (Å²) >= 11 is 0. The van der Waals surface area contributed by atoms with Gasteiger partial charge < -0.3 is 9.32 Å². The maximum absolute atomic E-state index is 6.24. The molecule has 40 heavy (non-hydrogen) atoms. The molecule has 0 bridgehead atoms. The zero-order valence-electron chi connectivity index (χ0n) is 21.7. The van der Waals surface area contributed by atoms with Gasteiger partial charge in [0, 0.05) is 46.3 Å². The minimum atomic E-state index is 0.846. The fourth-order valence-electron chi connectivity index (χ4n) is 5.77. The van der Waals surface area contributed by atoms with Gasteiger partial charge in [-0.05, 0) is 75.1 Å². The van der Waals surface area contributed by atoms with Crippen molar-refractivity contribution < 1.29 is 4.42 Å². The molecule has 0 fully saturated rings. The summed E-state index contributed by atoms with van der Waals surface area (Å²) < 4.78 is 6.24. The molecule has 6 aromatic carbocycles. The number of aromatic nitrogens is 1. The van der Waals surface area contributed by atoms with Crippen molar-refractivity contribution in [3.8, 4) is 11.1 Å². The molecule has 0 aliphatic rings. The van der Waals surface area contributed by atoms with Gasteiger partial charge in [0.15, 0.2) is 0 Å². The summed E-state index contributed by atoms with van der Waals surface area (Å²) in [6.07, 6.45) is 3.64. The lowest BCUT2D eigenvalue weighted by molar-refractivity contribution is 0.668. The van der Waals surface area contributed by atoms with Crippen molar-refractivity contribution in [2.24, 2.45) is 0 Å². The maximum Gasteiger partial charge on any atom is 0.138 e. The van der Waals surface area contributed by atoms with Crippen molar-refractivity contribution >= 4 is 60.5 Å². The minimum absolute atomic E-state index is 0.846. The van der Waals surface area contributed by atoms with Crippen LogP contribution in [0.15, 0.2) is 150 Å². The molecule has 8 rings (SSSR count). The van der Waals surface area contributed by atoms with Crippen LogP contribution in [0, 0.1) is 0 Å². The standard InChI is InChI=1S/C37H24N2O/c1-2-6-25(7-3-1)26-12-14-29(15-13-26)39(31-17-19-34-35-24-38-21-20-36(35)40-37(34)23-31)30-16-18-33-28(22-30)11-10-27-8-4-5-9-32(27)33/h1-24H. The molecule has 0 spiro atoms. The second-order valence-electron chi connectivity index (χ2n) is 10.1. The van der Waals surface area contributed by atoms with E-state index in [4.69, 9.17) is 4.42 Å². The van der Waals surface area contributed by atoms with Crippen molar-refractivity contribution in [1.29, 1.82) is 0 Å². The maximum atomic E-state index is 6.24. The number of pyridine rings is 1. The van der Waals surface area contributed by atoms with Crippen LogP contribution < -0.4 is 4.90 Å². The van der Waals surface area contributed by atoms with E-state index in [1.165, 1.54) is 32.7 Å². The Labute approximate surface area is 231 Å². The number of hydrogen-bond acceptors (Lipinski definition) is 3. The molecular formula is C37H24N2O. The average Bonchev–Trinajstić information content (AvgIpc) is 3.40. The van der Waals surface area contributed by atoms with E-state index in [0.29, 0.717) is 0 Å². The molecule has 3 nitrogen and oxygen atoms in total. The van der Waals surface area contributed by atoms with Crippen molar-refractivity contribution in [3.05, 3.63) is 146 Å². The van der Waals surface area contributed by atoms with E-state index < -0.39 is 0 Å². The predicted octanol–water partition coefficient (Wildman–Crippen LogP) is 10.4. The summed E-state index contributed by atoms with van der Waals surface area (Å²) in [5.74, 6) is 0. The zero-order valence-corrected chi connectivity index (χ0v) is 21.7. The van der Waals surface area contributed by atoms with Gasteiger partial charge >= 0.3 is 0 Å². The van der Waals surface area contributed by atoms with Crippen LogP contribution in [0.4, 0.5) is 17.1 Å². The Morgan fingerprint density at radius 3 is 2.00 bits per heavy atom. The van der Waals surface area contributed by atoms with Gasteiger partial charge in [-0.3, -0.25) is 4.98 Å². The lowest BCUT2D eigenvalue weighted by Gasteiger charge is -2.26. The van der Waals surface area contributed by atoms with Crippen LogP contribution in [0.1, 0.15) is 0 Å². The highest BCUT2D eigenvalue weighted by molar-refractivity contribution is 6.09. The minimum Gasteiger partial charge on any atom is -0.456 e. The third kappa shape index (κ3) is 3.71. The first kappa shape index (κ1) is 22.6. The van der Waals surface area contributed by atoms with E-state index >= 15 is 0 Å². The summed E-state index contributed by atoms with van der Waals surface area (Å²) in [6, 6.07) is 47.3. The Bertz CT molecular complexity index is 2160. The Morgan fingerprint density at radius 2 is 1.12 bits per heavy atom. The number of furan rings is 1. The lowest BCUT2D eigenvalue weighted by atomic mass is 10.0. The molecule has 0 saturated heterocycles. The highest BCUT2D eigenvalue weighted by Gasteiger charge is 2.16. The molecule has 0 N–H and O–H groups in total. The van der Waals surface area contributed by atoms with Crippen LogP contribution in [0.25, 0.3) is 54.6 Å². The van der Waals surface area contributed by atoms with Gasteiger partial charge in [-0.15, -0.1) is 0 Å². The summed E-state index contributed by atoms with van der Waals surface area (Å²) in [4.78, 5) is 6.60. The lowest BCUT2D eigenvalue weighted by Crippen LogP contribution is -2.09. The second kappa shape index (κ2) is 9.11. The number of fused-ring (bicyclic) bond motifs is 6. The van der Waals surface area contributed by atoms with Crippen LogP contribution in [0.3, 0.4) is 0 Å². The molecular weight excluding hydrogens is 488 g/mol. The van der Waals surface area contributed by atoms with Crippen molar-refractivity contribution in [3.63, 3.8) is 0 Å². The molecule has 0 aliphatic heterocycles. The van der Waals surface area contributed by atoms with Crippen LogP contribution in [-0.2, 0) is 0 Å². The predicted molar refractivity (Wildman–Crippen MR) is 167 cm³/mol. The van der Waals surface area contributed by atoms with Crippen molar-refractivity contribution in [2.75, 3.05) is 4.90 Å². The molecule has 0 amide bonds. The topological polar surface area (TPSA) is 29.3 Å². The quantitative estimate of drug-likeness (QED) is 0.220. The van der Waals surface area contributed by atoms with Crippen LogP contribution in [0.2, 0.25) is 0 Å². The first-order chi connectivity index (χ1) is 19.8. The summed E-state index contributed by atoms with van der Waals surface area (Å²) in [5.41, 5.74) is 7.29. The molecule has 188 valence electrons. The summed E-state index contributed by atoms with van der Waals surface area (Å²) in [5, 5.41) is 7.07. The molecule has 0 aliphatic carbocycles. The fourth-order valence-corrected chi connectivity index (χ4v) is 5.77. The van der Waals surface area contributed by atoms with Gasteiger partial charge in [0.05, 0.1) is 0 Å². The zero-order chi connectivity index (χ0) is 26.5. The normalized spacial score (nSPS) is 11.5. The molecule has 3 heteroatoms. The van der Waals surface area contributed by atoms with E-state index in [2.05, 4.69) is 131 Å². The first-order valence-corrected chi connectivity index (χ1v) is 13.5. The average molecular weight is 513 g/mol. The van der Waals surface area contributed by atoms with E-state index in [1.54, 1.807) is 6.20 Å². The molecule has 0 saturated carbocycles. The van der Waals surface area contributed by atoms with Crippen molar-refractivity contribution in [1.82, 2.24) is 4.98 Å². The number of benzene rings is 6. The first-order valence-electron chi connectivity index (χ1n) is 13.5. The van der Waals surface area contributed by atoms with Gasteiger partial charge in [0.2, 0.25) is 0 Å². The number of anilines is 3. The van der Waals surface area contributed by atoms with Crippen molar-refractivity contribution in [2.45, 2.75) is 0 Å². The summed E-state index contributed by atoms with van der Waals surface area (Å²) in [6.45, 7) is 0.